The van der Waals surface area contributed by atoms with Crippen molar-refractivity contribution in [2.45, 2.75) is 0 Å². The van der Waals surface area contributed by atoms with E-state index in [-0.39, 0.29) is 11.2 Å². The van der Waals surface area contributed by atoms with E-state index in [2.05, 4.69) is 9.97 Å². The molecule has 1 aromatic heterocycles. The molecule has 2 aromatic rings. The lowest BCUT2D eigenvalue weighted by Crippen LogP contribution is -2.11. The second kappa shape index (κ2) is 4.62. The molecule has 6 nitrogen and oxygen atoms in total. The van der Waals surface area contributed by atoms with Crippen LogP contribution in [0, 0.1) is 13.7 Å². The summed E-state index contributed by atoms with van der Waals surface area (Å²) < 4.78 is 0.469. The normalized spacial score (nSPS) is 10.2. The van der Waals surface area contributed by atoms with Crippen molar-refractivity contribution in [1.29, 1.82) is 0 Å². The molecule has 0 aliphatic rings. The van der Waals surface area contributed by atoms with E-state index in [0.29, 0.717) is 15.0 Å². The van der Waals surface area contributed by atoms with Crippen LogP contribution in [0.2, 0.25) is 0 Å². The second-order valence-corrected chi connectivity index (χ2v) is 4.38. The Hall–Kier alpha value is -1.77. The minimum absolute atomic E-state index is 0.0382. The Balaban J connectivity index is 2.53. The summed E-state index contributed by atoms with van der Waals surface area (Å²) in [6.07, 6.45) is 1.42. The van der Waals surface area contributed by atoms with Gasteiger partial charge >= 0.3 is 0 Å². The van der Waals surface area contributed by atoms with Crippen molar-refractivity contribution in [3.8, 4) is 11.4 Å². The number of halogens is 1. The fourth-order valence-electron chi connectivity index (χ4n) is 1.29. The number of non-ortho nitro benzene ring substituents is 1. The summed E-state index contributed by atoms with van der Waals surface area (Å²) in [5, 5.41) is 10.6. The minimum Gasteiger partial charge on any atom is -0.306 e. The summed E-state index contributed by atoms with van der Waals surface area (Å²) in [6.45, 7) is 0. The van der Waals surface area contributed by atoms with Gasteiger partial charge in [0.2, 0.25) is 0 Å². The molecule has 0 amide bonds. The molecule has 1 heterocycles. The molecule has 1 aromatic carbocycles. The Morgan fingerprint density at radius 1 is 1.41 bits per heavy atom. The van der Waals surface area contributed by atoms with Gasteiger partial charge in [0.15, 0.2) is 0 Å². The topological polar surface area (TPSA) is 88.9 Å². The van der Waals surface area contributed by atoms with Crippen molar-refractivity contribution in [3.05, 3.63) is 54.5 Å². The molecule has 0 radical (unpaired) electrons. The van der Waals surface area contributed by atoms with Crippen molar-refractivity contribution in [2.24, 2.45) is 0 Å². The van der Waals surface area contributed by atoms with Crippen LogP contribution in [-0.4, -0.2) is 14.9 Å². The van der Waals surface area contributed by atoms with E-state index in [4.69, 9.17) is 0 Å². The minimum atomic E-state index is -0.492. The number of nitrogens with zero attached hydrogens (tertiary/aromatic N) is 2. The Bertz CT molecular complexity index is 639. The number of aromatic amines is 1. The predicted octanol–water partition coefficient (Wildman–Crippen LogP) is 1.95. The maximum Gasteiger partial charge on any atom is 0.270 e. The molecule has 0 aliphatic heterocycles. The standard InChI is InChI=1S/C10H6IN3O3/c11-8-5-12-9(13-10(8)15)6-2-1-3-7(4-6)14(16)17/h1-5H,(H,12,13,15). The first-order chi connectivity index (χ1) is 8.08. The van der Waals surface area contributed by atoms with Crippen LogP contribution < -0.4 is 5.56 Å². The van der Waals surface area contributed by atoms with Gasteiger partial charge in [-0.15, -0.1) is 0 Å². The first-order valence-electron chi connectivity index (χ1n) is 4.57. The van der Waals surface area contributed by atoms with Crippen molar-refractivity contribution < 1.29 is 4.92 Å². The van der Waals surface area contributed by atoms with Gasteiger partial charge in [-0.2, -0.15) is 0 Å². The molecule has 0 saturated carbocycles. The summed E-state index contributed by atoms with van der Waals surface area (Å²) in [5.74, 6) is 0.319. The van der Waals surface area contributed by atoms with E-state index in [0.717, 1.165) is 0 Å². The van der Waals surface area contributed by atoms with Crippen LogP contribution in [-0.2, 0) is 0 Å². The number of nitro groups is 1. The Labute approximate surface area is 109 Å². The van der Waals surface area contributed by atoms with E-state index in [1.54, 1.807) is 12.1 Å². The molecule has 86 valence electrons. The smallest absolute Gasteiger partial charge is 0.270 e. The molecule has 0 aliphatic carbocycles. The van der Waals surface area contributed by atoms with E-state index in [9.17, 15) is 14.9 Å². The van der Waals surface area contributed by atoms with Gasteiger partial charge in [-0.25, -0.2) is 4.98 Å². The van der Waals surface area contributed by atoms with Crippen LogP contribution in [0.3, 0.4) is 0 Å². The molecular formula is C10H6IN3O3. The van der Waals surface area contributed by atoms with E-state index < -0.39 is 4.92 Å². The fourth-order valence-corrected chi connectivity index (χ4v) is 1.57. The highest BCUT2D eigenvalue weighted by atomic mass is 127. The highest BCUT2D eigenvalue weighted by molar-refractivity contribution is 14.1. The zero-order valence-corrected chi connectivity index (χ0v) is 10.5. The summed E-state index contributed by atoms with van der Waals surface area (Å²) in [6, 6.07) is 5.95. The SMILES string of the molecule is O=c1[nH]c(-c2cccc([N+](=O)[O-])c2)ncc1I. The Kier molecular flexibility index (Phi) is 3.18. The van der Waals surface area contributed by atoms with Gasteiger partial charge in [0, 0.05) is 23.9 Å². The third kappa shape index (κ3) is 2.49. The number of hydrogen-bond donors (Lipinski definition) is 1. The third-order valence-corrected chi connectivity index (χ3v) is 2.85. The number of aromatic nitrogens is 2. The summed E-state index contributed by atoms with van der Waals surface area (Å²) >= 11 is 1.86. The number of nitrogens with one attached hydrogen (secondary N) is 1. The Morgan fingerprint density at radius 2 is 2.18 bits per heavy atom. The lowest BCUT2D eigenvalue weighted by atomic mass is 10.2. The molecule has 0 unspecified atom stereocenters. The molecule has 0 bridgehead atoms. The first-order valence-corrected chi connectivity index (χ1v) is 5.65. The second-order valence-electron chi connectivity index (χ2n) is 3.22. The molecule has 1 N–H and O–H groups in total. The van der Waals surface area contributed by atoms with Crippen molar-refractivity contribution >= 4 is 28.3 Å². The van der Waals surface area contributed by atoms with Crippen LogP contribution in [0.25, 0.3) is 11.4 Å². The monoisotopic (exact) mass is 343 g/mol. The summed E-state index contributed by atoms with van der Waals surface area (Å²) in [4.78, 5) is 28.1. The van der Waals surface area contributed by atoms with Crippen molar-refractivity contribution in [3.63, 3.8) is 0 Å². The lowest BCUT2D eigenvalue weighted by molar-refractivity contribution is -0.384. The number of nitro benzene ring substituents is 1. The predicted molar refractivity (Wildman–Crippen MR) is 69.7 cm³/mol. The largest absolute Gasteiger partial charge is 0.306 e. The number of H-pyrrole nitrogens is 1. The van der Waals surface area contributed by atoms with Gasteiger partial charge < -0.3 is 4.98 Å². The average molecular weight is 343 g/mol. The van der Waals surface area contributed by atoms with Crippen LogP contribution in [0.1, 0.15) is 0 Å². The van der Waals surface area contributed by atoms with Crippen molar-refractivity contribution in [2.75, 3.05) is 0 Å². The highest BCUT2D eigenvalue weighted by Crippen LogP contribution is 2.19. The fraction of sp³-hybridized carbons (Fsp3) is 0. The van der Waals surface area contributed by atoms with Crippen molar-refractivity contribution in [1.82, 2.24) is 9.97 Å². The molecule has 0 spiro atoms. The molecular weight excluding hydrogens is 337 g/mol. The molecule has 0 saturated heterocycles. The highest BCUT2D eigenvalue weighted by Gasteiger charge is 2.08. The summed E-state index contributed by atoms with van der Waals surface area (Å²) in [5.41, 5.74) is 0.207. The number of hydrogen-bond acceptors (Lipinski definition) is 4. The molecule has 2 rings (SSSR count). The van der Waals surface area contributed by atoms with E-state index in [1.807, 2.05) is 22.6 Å². The maximum atomic E-state index is 11.4. The van der Waals surface area contributed by atoms with Crippen LogP contribution in [0.5, 0.6) is 0 Å². The molecule has 0 atom stereocenters. The maximum absolute atomic E-state index is 11.4. The first kappa shape index (κ1) is 11.7. The van der Waals surface area contributed by atoms with Gasteiger partial charge in [0.25, 0.3) is 11.2 Å². The van der Waals surface area contributed by atoms with Gasteiger partial charge in [0.1, 0.15) is 5.82 Å². The van der Waals surface area contributed by atoms with Gasteiger partial charge in [-0.3, -0.25) is 14.9 Å². The van der Waals surface area contributed by atoms with Crippen LogP contribution in [0.15, 0.2) is 35.3 Å². The zero-order chi connectivity index (χ0) is 12.4. The van der Waals surface area contributed by atoms with E-state index >= 15 is 0 Å². The van der Waals surface area contributed by atoms with Gasteiger partial charge in [-0.1, -0.05) is 12.1 Å². The zero-order valence-electron chi connectivity index (χ0n) is 8.38. The third-order valence-electron chi connectivity index (χ3n) is 2.09. The average Bonchev–Trinajstić information content (AvgIpc) is 2.33. The Morgan fingerprint density at radius 3 is 2.82 bits per heavy atom. The molecule has 0 fully saturated rings. The lowest BCUT2D eigenvalue weighted by Gasteiger charge is -2.00. The molecule has 17 heavy (non-hydrogen) atoms. The van der Waals surface area contributed by atoms with Gasteiger partial charge in [0.05, 0.1) is 8.49 Å². The molecule has 7 heteroatoms. The van der Waals surface area contributed by atoms with Crippen LogP contribution in [0.4, 0.5) is 5.69 Å². The summed E-state index contributed by atoms with van der Waals surface area (Å²) in [7, 11) is 0. The van der Waals surface area contributed by atoms with Gasteiger partial charge in [-0.05, 0) is 22.6 Å². The van der Waals surface area contributed by atoms with E-state index in [1.165, 1.54) is 18.3 Å². The van der Waals surface area contributed by atoms with Crippen LogP contribution >= 0.6 is 22.6 Å². The quantitative estimate of drug-likeness (QED) is 0.513. The number of benzene rings is 1. The number of rotatable bonds is 2.